The summed E-state index contributed by atoms with van der Waals surface area (Å²) in [6, 6.07) is 0.352. The van der Waals surface area contributed by atoms with Crippen LogP contribution in [0.2, 0.25) is 0 Å². The number of terminal acetylenes is 1. The van der Waals surface area contributed by atoms with Crippen LogP contribution in [-0.2, 0) is 0 Å². The Morgan fingerprint density at radius 3 is 2.60 bits per heavy atom. The molecule has 0 aromatic rings. The third-order valence-electron chi connectivity index (χ3n) is 3.59. The van der Waals surface area contributed by atoms with Gasteiger partial charge < -0.3 is 5.11 Å². The van der Waals surface area contributed by atoms with Gasteiger partial charge in [-0.2, -0.15) is 0 Å². The molecule has 0 saturated carbocycles. The third-order valence-corrected chi connectivity index (χ3v) is 3.59. The molecule has 2 unspecified atom stereocenters. The predicted octanol–water partition coefficient (Wildman–Crippen LogP) is 0.151. The monoisotopic (exact) mass is 208 g/mol. The summed E-state index contributed by atoms with van der Waals surface area (Å²) in [5.41, 5.74) is 0. The molecule has 3 fully saturated rings. The lowest BCUT2D eigenvalue weighted by atomic mass is 9.98. The van der Waals surface area contributed by atoms with Crippen molar-refractivity contribution in [3.05, 3.63) is 0 Å². The van der Waals surface area contributed by atoms with Crippen molar-refractivity contribution in [1.82, 2.24) is 9.80 Å². The minimum absolute atomic E-state index is 0.193. The molecule has 3 rings (SSSR count). The van der Waals surface area contributed by atoms with Gasteiger partial charge in [-0.3, -0.25) is 9.80 Å². The summed E-state index contributed by atoms with van der Waals surface area (Å²) in [6.07, 6.45) is 7.59. The average molecular weight is 208 g/mol. The normalized spacial score (nSPS) is 36.1. The van der Waals surface area contributed by atoms with Crippen LogP contribution in [0.15, 0.2) is 0 Å². The van der Waals surface area contributed by atoms with Gasteiger partial charge in [0.05, 0.1) is 6.10 Å². The van der Waals surface area contributed by atoms with Crippen molar-refractivity contribution in [1.29, 1.82) is 0 Å². The van der Waals surface area contributed by atoms with Gasteiger partial charge in [-0.05, 0) is 12.8 Å². The molecule has 0 aromatic heterocycles. The van der Waals surface area contributed by atoms with Crippen LogP contribution >= 0.6 is 0 Å². The number of rotatable bonds is 4. The summed E-state index contributed by atoms with van der Waals surface area (Å²) in [6.45, 7) is 5.63. The van der Waals surface area contributed by atoms with E-state index in [1.807, 2.05) is 0 Å². The zero-order valence-electron chi connectivity index (χ0n) is 9.23. The van der Waals surface area contributed by atoms with E-state index in [0.29, 0.717) is 6.04 Å². The fourth-order valence-electron chi connectivity index (χ4n) is 2.63. The van der Waals surface area contributed by atoms with E-state index >= 15 is 0 Å². The van der Waals surface area contributed by atoms with Crippen LogP contribution in [-0.4, -0.2) is 59.8 Å². The first-order valence-electron chi connectivity index (χ1n) is 5.89. The summed E-state index contributed by atoms with van der Waals surface area (Å²) in [7, 11) is 0. The van der Waals surface area contributed by atoms with E-state index < -0.39 is 0 Å². The Hall–Kier alpha value is -0.560. The Balaban J connectivity index is 1.80. The smallest absolute Gasteiger partial charge is 0.0708 e. The second kappa shape index (κ2) is 4.98. The zero-order chi connectivity index (χ0) is 10.7. The minimum atomic E-state index is -0.193. The highest BCUT2D eigenvalue weighted by Crippen LogP contribution is 2.20. The molecular weight excluding hydrogens is 188 g/mol. The second-order valence-corrected chi connectivity index (χ2v) is 4.57. The van der Waals surface area contributed by atoms with E-state index in [2.05, 4.69) is 15.7 Å². The summed E-state index contributed by atoms with van der Waals surface area (Å²) < 4.78 is 0. The number of piperazine rings is 3. The number of aliphatic hydroxyl groups is 1. The molecule has 3 heterocycles. The molecule has 0 radical (unpaired) electrons. The number of hydrogen-bond donors (Lipinski definition) is 1. The van der Waals surface area contributed by atoms with Gasteiger partial charge in [0.1, 0.15) is 0 Å². The highest BCUT2D eigenvalue weighted by Gasteiger charge is 2.35. The highest BCUT2D eigenvalue weighted by atomic mass is 16.3. The molecule has 3 aliphatic heterocycles. The highest BCUT2D eigenvalue weighted by molar-refractivity contribution is 4.92. The van der Waals surface area contributed by atoms with Crippen molar-refractivity contribution in [2.45, 2.75) is 31.4 Å². The van der Waals surface area contributed by atoms with Crippen LogP contribution < -0.4 is 0 Å². The van der Waals surface area contributed by atoms with E-state index in [0.717, 1.165) is 38.9 Å². The molecule has 0 aliphatic carbocycles. The largest absolute Gasteiger partial charge is 0.391 e. The molecular formula is C12H20N2O. The topological polar surface area (TPSA) is 26.7 Å². The fourth-order valence-corrected chi connectivity index (χ4v) is 2.63. The van der Waals surface area contributed by atoms with Crippen molar-refractivity contribution in [3.63, 3.8) is 0 Å². The van der Waals surface area contributed by atoms with Gasteiger partial charge in [0, 0.05) is 45.2 Å². The lowest BCUT2D eigenvalue weighted by Crippen LogP contribution is -2.64. The van der Waals surface area contributed by atoms with Gasteiger partial charge in [-0.1, -0.05) is 0 Å². The van der Waals surface area contributed by atoms with E-state index in [1.54, 1.807) is 0 Å². The number of fused-ring (bicyclic) bond motifs is 3. The lowest BCUT2D eigenvalue weighted by Gasteiger charge is -2.49. The van der Waals surface area contributed by atoms with Crippen LogP contribution in [0.5, 0.6) is 0 Å². The van der Waals surface area contributed by atoms with Gasteiger partial charge in [0.2, 0.25) is 0 Å². The maximum atomic E-state index is 10.1. The molecule has 3 nitrogen and oxygen atoms in total. The number of aliphatic hydroxyl groups excluding tert-OH is 1. The first kappa shape index (κ1) is 10.9. The Kier molecular flexibility index (Phi) is 3.63. The van der Waals surface area contributed by atoms with Gasteiger partial charge in [-0.15, -0.1) is 12.3 Å². The van der Waals surface area contributed by atoms with Crippen LogP contribution in [0.3, 0.4) is 0 Å². The zero-order valence-corrected chi connectivity index (χ0v) is 9.23. The second-order valence-electron chi connectivity index (χ2n) is 4.57. The fraction of sp³-hybridized carbons (Fsp3) is 0.833. The molecule has 3 aliphatic rings. The van der Waals surface area contributed by atoms with E-state index in [9.17, 15) is 5.11 Å². The molecule has 0 aromatic carbocycles. The van der Waals surface area contributed by atoms with Crippen molar-refractivity contribution in [3.8, 4) is 12.3 Å². The molecule has 2 atom stereocenters. The predicted molar refractivity (Wildman–Crippen MR) is 60.5 cm³/mol. The summed E-state index contributed by atoms with van der Waals surface area (Å²) >= 11 is 0. The number of nitrogens with zero attached hydrogens (tertiary/aromatic N) is 2. The van der Waals surface area contributed by atoms with Gasteiger partial charge >= 0.3 is 0 Å². The van der Waals surface area contributed by atoms with Crippen LogP contribution in [0.1, 0.15) is 19.3 Å². The molecule has 3 saturated heterocycles. The van der Waals surface area contributed by atoms with Crippen molar-refractivity contribution < 1.29 is 5.11 Å². The quantitative estimate of drug-likeness (QED) is 0.526. The Morgan fingerprint density at radius 2 is 2.07 bits per heavy atom. The number of hydrogen-bond acceptors (Lipinski definition) is 3. The standard InChI is InChI=1S/C12H20N2O/c1-2-3-4-5-12(15)11-10-13-6-8-14(11)9-7-13/h1,11-12,15H,3-10H2. The Bertz CT molecular complexity index is 240. The first-order valence-corrected chi connectivity index (χ1v) is 5.89. The Labute approximate surface area is 92.1 Å². The number of unbranched alkanes of at least 4 members (excludes halogenated alkanes) is 1. The molecule has 84 valence electrons. The van der Waals surface area contributed by atoms with Crippen LogP contribution in [0, 0.1) is 12.3 Å². The molecule has 0 spiro atoms. The molecule has 0 amide bonds. The van der Waals surface area contributed by atoms with E-state index in [1.165, 1.54) is 13.1 Å². The van der Waals surface area contributed by atoms with Gasteiger partial charge in [-0.25, -0.2) is 0 Å². The van der Waals surface area contributed by atoms with Crippen molar-refractivity contribution in [2.75, 3.05) is 32.7 Å². The van der Waals surface area contributed by atoms with E-state index in [4.69, 9.17) is 6.42 Å². The summed E-state index contributed by atoms with van der Waals surface area (Å²) in [4.78, 5) is 4.88. The first-order chi connectivity index (χ1) is 7.31. The molecule has 3 heteroatoms. The average Bonchev–Trinajstić information content (AvgIpc) is 2.30. The lowest BCUT2D eigenvalue weighted by molar-refractivity contribution is -0.0483. The van der Waals surface area contributed by atoms with Crippen molar-refractivity contribution in [2.24, 2.45) is 0 Å². The van der Waals surface area contributed by atoms with Crippen LogP contribution in [0.4, 0.5) is 0 Å². The van der Waals surface area contributed by atoms with E-state index in [-0.39, 0.29) is 6.10 Å². The van der Waals surface area contributed by atoms with Crippen LogP contribution in [0.25, 0.3) is 0 Å². The molecule has 1 N–H and O–H groups in total. The molecule has 2 bridgehead atoms. The summed E-state index contributed by atoms with van der Waals surface area (Å²) in [5, 5.41) is 10.1. The third kappa shape index (κ3) is 2.52. The van der Waals surface area contributed by atoms with Crippen molar-refractivity contribution >= 4 is 0 Å². The maximum Gasteiger partial charge on any atom is 0.0708 e. The Morgan fingerprint density at radius 1 is 1.33 bits per heavy atom. The summed E-state index contributed by atoms with van der Waals surface area (Å²) in [5.74, 6) is 2.62. The molecule has 15 heavy (non-hydrogen) atoms. The SMILES string of the molecule is C#CCCCC(O)C1CN2CCN1CC2. The van der Waals surface area contributed by atoms with Gasteiger partial charge in [0.25, 0.3) is 0 Å². The minimum Gasteiger partial charge on any atom is -0.391 e. The maximum absolute atomic E-state index is 10.1. The van der Waals surface area contributed by atoms with Gasteiger partial charge in [0.15, 0.2) is 0 Å².